The van der Waals surface area contributed by atoms with E-state index in [1.807, 2.05) is 6.07 Å². The van der Waals surface area contributed by atoms with Crippen LogP contribution in [0.1, 0.15) is 16.7 Å². The van der Waals surface area contributed by atoms with Crippen LogP contribution in [0, 0.1) is 6.92 Å². The lowest BCUT2D eigenvalue weighted by molar-refractivity contribution is 0.760. The lowest BCUT2D eigenvalue weighted by Crippen LogP contribution is -2.12. The molecule has 18 heavy (non-hydrogen) atoms. The van der Waals surface area contributed by atoms with Crippen molar-refractivity contribution in [1.82, 2.24) is 5.32 Å². The van der Waals surface area contributed by atoms with Crippen LogP contribution in [0.3, 0.4) is 0 Å². The second-order valence-corrected chi connectivity index (χ2v) is 4.43. The topological polar surface area (TPSA) is 12.0 Å². The molecule has 0 unspecified atom stereocenters. The van der Waals surface area contributed by atoms with E-state index in [4.69, 9.17) is 0 Å². The Morgan fingerprint density at radius 2 is 1.83 bits per heavy atom. The Kier molecular flexibility index (Phi) is 4.74. The highest BCUT2D eigenvalue weighted by Crippen LogP contribution is 2.03. The van der Waals surface area contributed by atoms with Gasteiger partial charge in [-0.15, -0.1) is 0 Å². The average molecular weight is 237 g/mol. The van der Waals surface area contributed by atoms with E-state index in [0.717, 1.165) is 13.1 Å². The Labute approximate surface area is 109 Å². The fraction of sp³-hybridized carbons (Fsp3) is 0.176. The van der Waals surface area contributed by atoms with Crippen molar-refractivity contribution in [2.75, 3.05) is 6.54 Å². The van der Waals surface area contributed by atoms with Crippen LogP contribution >= 0.6 is 0 Å². The first-order valence-corrected chi connectivity index (χ1v) is 6.32. The number of aryl methyl sites for hydroxylation is 1. The summed E-state index contributed by atoms with van der Waals surface area (Å²) in [6.45, 7) is 3.93. The molecule has 1 nitrogen and oxygen atoms in total. The summed E-state index contributed by atoms with van der Waals surface area (Å²) in [5, 5.41) is 3.41. The van der Waals surface area contributed by atoms with Gasteiger partial charge in [-0.05, 0) is 18.1 Å². The van der Waals surface area contributed by atoms with Crippen molar-refractivity contribution in [1.29, 1.82) is 0 Å². The Morgan fingerprint density at radius 3 is 2.61 bits per heavy atom. The summed E-state index contributed by atoms with van der Waals surface area (Å²) >= 11 is 0. The lowest BCUT2D eigenvalue weighted by atomic mass is 10.1. The van der Waals surface area contributed by atoms with Gasteiger partial charge in [0.15, 0.2) is 0 Å². The molecule has 0 spiro atoms. The van der Waals surface area contributed by atoms with Crippen molar-refractivity contribution >= 4 is 6.08 Å². The van der Waals surface area contributed by atoms with Crippen LogP contribution in [0.5, 0.6) is 0 Å². The van der Waals surface area contributed by atoms with E-state index in [9.17, 15) is 0 Å². The molecule has 0 aliphatic rings. The fourth-order valence-electron chi connectivity index (χ4n) is 1.88. The van der Waals surface area contributed by atoms with Gasteiger partial charge >= 0.3 is 0 Å². The number of hydrogen-bond acceptors (Lipinski definition) is 1. The van der Waals surface area contributed by atoms with Crippen molar-refractivity contribution in [3.8, 4) is 0 Å². The van der Waals surface area contributed by atoms with Gasteiger partial charge in [-0.2, -0.15) is 0 Å². The molecule has 0 bridgehead atoms. The third kappa shape index (κ3) is 4.19. The zero-order valence-corrected chi connectivity index (χ0v) is 10.8. The SMILES string of the molecule is Cc1cccc(CNC/C=C/c2ccccc2)c1. The van der Waals surface area contributed by atoms with Gasteiger partial charge in [0.05, 0.1) is 0 Å². The fourth-order valence-corrected chi connectivity index (χ4v) is 1.88. The van der Waals surface area contributed by atoms with Crippen LogP contribution in [0.15, 0.2) is 60.7 Å². The summed E-state index contributed by atoms with van der Waals surface area (Å²) in [5.41, 5.74) is 3.90. The van der Waals surface area contributed by atoms with Gasteiger partial charge in [-0.3, -0.25) is 0 Å². The van der Waals surface area contributed by atoms with Crippen LogP contribution in [0.2, 0.25) is 0 Å². The molecule has 1 N–H and O–H groups in total. The van der Waals surface area contributed by atoms with Gasteiger partial charge in [0.1, 0.15) is 0 Å². The predicted octanol–water partition coefficient (Wildman–Crippen LogP) is 3.80. The minimum Gasteiger partial charge on any atom is -0.309 e. The first-order valence-electron chi connectivity index (χ1n) is 6.32. The molecule has 0 atom stereocenters. The molecule has 0 saturated carbocycles. The van der Waals surface area contributed by atoms with E-state index in [2.05, 4.69) is 72.9 Å². The molecule has 1 heteroatoms. The number of rotatable bonds is 5. The molecule has 2 rings (SSSR count). The quantitative estimate of drug-likeness (QED) is 0.780. The number of hydrogen-bond donors (Lipinski definition) is 1. The zero-order valence-electron chi connectivity index (χ0n) is 10.8. The molecular weight excluding hydrogens is 218 g/mol. The summed E-state index contributed by atoms with van der Waals surface area (Å²) in [4.78, 5) is 0. The zero-order chi connectivity index (χ0) is 12.6. The normalized spacial score (nSPS) is 10.9. The third-order valence-corrected chi connectivity index (χ3v) is 2.78. The maximum atomic E-state index is 3.41. The molecule has 0 saturated heterocycles. The monoisotopic (exact) mass is 237 g/mol. The second kappa shape index (κ2) is 6.77. The molecule has 0 aliphatic heterocycles. The predicted molar refractivity (Wildman–Crippen MR) is 78.4 cm³/mol. The van der Waals surface area contributed by atoms with Crippen molar-refractivity contribution in [2.24, 2.45) is 0 Å². The van der Waals surface area contributed by atoms with Crippen LogP contribution in [-0.4, -0.2) is 6.54 Å². The first kappa shape index (κ1) is 12.6. The van der Waals surface area contributed by atoms with Gasteiger partial charge in [-0.25, -0.2) is 0 Å². The highest BCUT2D eigenvalue weighted by Gasteiger charge is 1.91. The van der Waals surface area contributed by atoms with Crippen LogP contribution in [-0.2, 0) is 6.54 Å². The van der Waals surface area contributed by atoms with Crippen molar-refractivity contribution in [3.63, 3.8) is 0 Å². The second-order valence-electron chi connectivity index (χ2n) is 4.43. The van der Waals surface area contributed by atoms with Gasteiger partial charge < -0.3 is 5.32 Å². The minimum absolute atomic E-state index is 0.892. The molecule has 0 amide bonds. The molecule has 0 aliphatic carbocycles. The molecule has 0 heterocycles. The van der Waals surface area contributed by atoms with E-state index < -0.39 is 0 Å². The smallest absolute Gasteiger partial charge is 0.0208 e. The summed E-state index contributed by atoms with van der Waals surface area (Å²) in [5.74, 6) is 0. The highest BCUT2D eigenvalue weighted by atomic mass is 14.8. The maximum Gasteiger partial charge on any atom is 0.0208 e. The van der Waals surface area contributed by atoms with E-state index in [1.165, 1.54) is 16.7 Å². The molecule has 2 aromatic rings. The van der Waals surface area contributed by atoms with Crippen molar-refractivity contribution in [2.45, 2.75) is 13.5 Å². The van der Waals surface area contributed by atoms with Gasteiger partial charge in [0.2, 0.25) is 0 Å². The number of benzene rings is 2. The van der Waals surface area contributed by atoms with Gasteiger partial charge in [-0.1, -0.05) is 72.3 Å². The summed E-state index contributed by atoms with van der Waals surface area (Å²) in [6, 6.07) is 19.0. The van der Waals surface area contributed by atoms with E-state index >= 15 is 0 Å². The number of nitrogens with one attached hydrogen (secondary N) is 1. The van der Waals surface area contributed by atoms with E-state index in [1.54, 1.807) is 0 Å². The Morgan fingerprint density at radius 1 is 1.00 bits per heavy atom. The van der Waals surface area contributed by atoms with Crippen LogP contribution in [0.4, 0.5) is 0 Å². The molecule has 0 fully saturated rings. The summed E-state index contributed by atoms with van der Waals surface area (Å²) in [6.07, 6.45) is 4.30. The average Bonchev–Trinajstić information content (AvgIpc) is 2.40. The molecule has 2 aromatic carbocycles. The summed E-state index contributed by atoms with van der Waals surface area (Å²) in [7, 11) is 0. The standard InChI is InChI=1S/C17H19N/c1-15-7-5-10-17(13-15)14-18-12-6-11-16-8-3-2-4-9-16/h2-11,13,18H,12,14H2,1H3/b11-6+. The van der Waals surface area contributed by atoms with Crippen LogP contribution < -0.4 is 5.32 Å². The molecular formula is C17H19N. The Hall–Kier alpha value is -1.86. The van der Waals surface area contributed by atoms with Gasteiger partial charge in [0, 0.05) is 13.1 Å². The van der Waals surface area contributed by atoms with E-state index in [-0.39, 0.29) is 0 Å². The molecule has 92 valence electrons. The van der Waals surface area contributed by atoms with Gasteiger partial charge in [0.25, 0.3) is 0 Å². The largest absolute Gasteiger partial charge is 0.309 e. The van der Waals surface area contributed by atoms with Crippen molar-refractivity contribution < 1.29 is 0 Å². The molecule has 0 aromatic heterocycles. The third-order valence-electron chi connectivity index (χ3n) is 2.78. The summed E-state index contributed by atoms with van der Waals surface area (Å²) < 4.78 is 0. The maximum absolute atomic E-state index is 3.41. The van der Waals surface area contributed by atoms with E-state index in [0.29, 0.717) is 0 Å². The van der Waals surface area contributed by atoms with Crippen LogP contribution in [0.25, 0.3) is 6.08 Å². The molecule has 0 radical (unpaired) electrons. The minimum atomic E-state index is 0.892. The lowest BCUT2D eigenvalue weighted by Gasteiger charge is -2.03. The Bertz CT molecular complexity index is 500. The highest BCUT2D eigenvalue weighted by molar-refractivity contribution is 5.48. The van der Waals surface area contributed by atoms with Crippen molar-refractivity contribution in [3.05, 3.63) is 77.4 Å². The first-order chi connectivity index (χ1) is 8.84. The Balaban J connectivity index is 1.75.